The van der Waals surface area contributed by atoms with E-state index in [1.165, 1.54) is 11.3 Å². The molecule has 0 spiro atoms. The fourth-order valence-electron chi connectivity index (χ4n) is 1.22. The zero-order valence-corrected chi connectivity index (χ0v) is 9.64. The fraction of sp³-hybridized carbons (Fsp3) is 0.417. The Kier molecular flexibility index (Phi) is 3.60. The monoisotopic (exact) mass is 235 g/mol. The maximum atomic E-state index is 11.6. The van der Waals surface area contributed by atoms with E-state index in [0.29, 0.717) is 17.3 Å². The number of rotatable bonds is 3. The van der Waals surface area contributed by atoms with Gasteiger partial charge >= 0.3 is 0 Å². The van der Waals surface area contributed by atoms with Crippen LogP contribution in [0.5, 0.6) is 0 Å². The van der Waals surface area contributed by atoms with Crippen LogP contribution < -0.4 is 5.32 Å². The lowest BCUT2D eigenvalue weighted by Gasteiger charge is -1.98. The summed E-state index contributed by atoms with van der Waals surface area (Å²) in [6.45, 7) is 0.0768. The number of aliphatic hydroxyl groups is 1. The van der Waals surface area contributed by atoms with Crippen LogP contribution in [-0.4, -0.2) is 23.7 Å². The summed E-state index contributed by atoms with van der Waals surface area (Å²) in [7, 11) is 0. The van der Waals surface area contributed by atoms with Gasteiger partial charge in [-0.3, -0.25) is 4.79 Å². The molecule has 1 aromatic rings. The first-order valence-corrected chi connectivity index (χ1v) is 6.11. The van der Waals surface area contributed by atoms with Crippen molar-refractivity contribution in [2.24, 2.45) is 0 Å². The van der Waals surface area contributed by atoms with Crippen molar-refractivity contribution in [1.29, 1.82) is 0 Å². The van der Waals surface area contributed by atoms with Gasteiger partial charge in [-0.25, -0.2) is 0 Å². The predicted octanol–water partition coefficient (Wildman–Crippen LogP) is 1.37. The van der Waals surface area contributed by atoms with Crippen molar-refractivity contribution in [2.45, 2.75) is 25.3 Å². The first-order chi connectivity index (χ1) is 7.79. The molecule has 1 fully saturated rings. The second-order valence-corrected chi connectivity index (χ2v) is 4.77. The number of nitrogens with one attached hydrogen (secondary N) is 1. The number of amides is 1. The Morgan fingerprint density at radius 3 is 3.06 bits per heavy atom. The van der Waals surface area contributed by atoms with Crippen molar-refractivity contribution >= 4 is 17.2 Å². The van der Waals surface area contributed by atoms with Crippen LogP contribution in [0.25, 0.3) is 0 Å². The van der Waals surface area contributed by atoms with Gasteiger partial charge in [-0.2, -0.15) is 0 Å². The molecule has 0 saturated heterocycles. The Bertz CT molecular complexity index is 437. The third-order valence-electron chi connectivity index (χ3n) is 2.19. The topological polar surface area (TPSA) is 49.3 Å². The molecule has 0 unspecified atom stereocenters. The summed E-state index contributed by atoms with van der Waals surface area (Å²) < 4.78 is 0. The van der Waals surface area contributed by atoms with Crippen molar-refractivity contribution in [2.75, 3.05) is 6.61 Å². The van der Waals surface area contributed by atoms with E-state index in [1.54, 1.807) is 6.07 Å². The number of carbonyl (C=O) groups is 1. The molecule has 0 aliphatic heterocycles. The summed E-state index contributed by atoms with van der Waals surface area (Å²) in [6, 6.07) is 4.03. The van der Waals surface area contributed by atoms with Crippen LogP contribution in [0.2, 0.25) is 0 Å². The highest BCUT2D eigenvalue weighted by atomic mass is 32.1. The molecular weight excluding hydrogens is 222 g/mol. The van der Waals surface area contributed by atoms with Crippen LogP contribution in [0.15, 0.2) is 12.1 Å². The smallest absolute Gasteiger partial charge is 0.261 e. The number of carbonyl (C=O) groups excluding carboxylic acids is 1. The number of thiophene rings is 1. The van der Waals surface area contributed by atoms with E-state index in [2.05, 4.69) is 17.2 Å². The van der Waals surface area contributed by atoms with E-state index in [1.807, 2.05) is 6.07 Å². The average Bonchev–Trinajstić information content (AvgIpc) is 2.95. The molecule has 0 atom stereocenters. The van der Waals surface area contributed by atoms with Gasteiger partial charge < -0.3 is 10.4 Å². The molecule has 2 rings (SSSR count). The van der Waals surface area contributed by atoms with E-state index in [-0.39, 0.29) is 12.5 Å². The molecule has 84 valence electrons. The molecule has 0 aromatic carbocycles. The second-order valence-electron chi connectivity index (χ2n) is 3.69. The Morgan fingerprint density at radius 1 is 1.56 bits per heavy atom. The first-order valence-electron chi connectivity index (χ1n) is 5.30. The minimum Gasteiger partial charge on any atom is -0.395 e. The number of hydrogen-bond acceptors (Lipinski definition) is 3. The molecular formula is C12H13NO2S. The molecule has 1 heterocycles. The molecule has 1 amide bonds. The van der Waals surface area contributed by atoms with Crippen molar-refractivity contribution in [3.05, 3.63) is 21.9 Å². The number of aliphatic hydroxyl groups excluding tert-OH is 1. The largest absolute Gasteiger partial charge is 0.395 e. The van der Waals surface area contributed by atoms with Gasteiger partial charge in [0.15, 0.2) is 0 Å². The summed E-state index contributed by atoms with van der Waals surface area (Å²) in [6.07, 6.45) is 2.67. The summed E-state index contributed by atoms with van der Waals surface area (Å²) in [4.78, 5) is 13.2. The van der Waals surface area contributed by atoms with Gasteiger partial charge in [0.1, 0.15) is 0 Å². The highest BCUT2D eigenvalue weighted by Crippen LogP contribution is 2.21. The average molecular weight is 235 g/mol. The van der Waals surface area contributed by atoms with Crippen molar-refractivity contribution in [1.82, 2.24) is 5.32 Å². The van der Waals surface area contributed by atoms with Crippen LogP contribution in [0.4, 0.5) is 0 Å². The molecule has 1 aromatic heterocycles. The van der Waals surface area contributed by atoms with Crippen molar-refractivity contribution in [3.8, 4) is 11.8 Å². The Balaban J connectivity index is 1.95. The molecule has 16 heavy (non-hydrogen) atoms. The summed E-state index contributed by atoms with van der Waals surface area (Å²) in [5.41, 5.74) is 0. The quantitative estimate of drug-likeness (QED) is 0.777. The van der Waals surface area contributed by atoms with Gasteiger partial charge in [-0.05, 0) is 25.0 Å². The Labute approximate surface area is 98.5 Å². The van der Waals surface area contributed by atoms with Crippen LogP contribution >= 0.6 is 11.3 Å². The lowest BCUT2D eigenvalue weighted by Crippen LogP contribution is -2.24. The van der Waals surface area contributed by atoms with Gasteiger partial charge in [-0.15, -0.1) is 11.3 Å². The maximum Gasteiger partial charge on any atom is 0.261 e. The summed E-state index contributed by atoms with van der Waals surface area (Å²) >= 11 is 1.39. The normalized spacial score (nSPS) is 14.1. The minimum atomic E-state index is 0.00251. The van der Waals surface area contributed by atoms with E-state index < -0.39 is 0 Å². The molecule has 1 aliphatic rings. The highest BCUT2D eigenvalue weighted by molar-refractivity contribution is 7.14. The number of hydrogen-bond donors (Lipinski definition) is 2. The molecule has 0 bridgehead atoms. The summed E-state index contributed by atoms with van der Waals surface area (Å²) in [5, 5.41) is 11.5. The first kappa shape index (κ1) is 11.2. The van der Waals surface area contributed by atoms with Gasteiger partial charge in [0.25, 0.3) is 5.91 Å². The van der Waals surface area contributed by atoms with E-state index >= 15 is 0 Å². The molecule has 1 aliphatic carbocycles. The standard InChI is InChI=1S/C12H13NO2S/c14-8-2-1-3-10-6-7-11(16-10)12(15)13-9-4-5-9/h6-7,9,14H,2,4-5,8H2,(H,13,15). The predicted molar refractivity (Wildman–Crippen MR) is 63.4 cm³/mol. The van der Waals surface area contributed by atoms with Crippen LogP contribution in [0.1, 0.15) is 33.8 Å². The van der Waals surface area contributed by atoms with Gasteiger partial charge in [0.2, 0.25) is 0 Å². The fourth-order valence-corrected chi connectivity index (χ4v) is 2.00. The van der Waals surface area contributed by atoms with Gasteiger partial charge in [0, 0.05) is 12.5 Å². The molecule has 2 N–H and O–H groups in total. The highest BCUT2D eigenvalue weighted by Gasteiger charge is 2.24. The SMILES string of the molecule is O=C(NC1CC1)c1ccc(C#CCCO)s1. The third kappa shape index (κ3) is 3.09. The molecule has 1 saturated carbocycles. The van der Waals surface area contributed by atoms with Crippen LogP contribution in [0, 0.1) is 11.8 Å². The minimum absolute atomic E-state index is 0.00251. The van der Waals surface area contributed by atoms with Crippen molar-refractivity contribution < 1.29 is 9.90 Å². The van der Waals surface area contributed by atoms with Crippen LogP contribution in [-0.2, 0) is 0 Å². The van der Waals surface area contributed by atoms with Gasteiger partial charge in [0.05, 0.1) is 16.4 Å². The van der Waals surface area contributed by atoms with Crippen molar-refractivity contribution in [3.63, 3.8) is 0 Å². The molecule has 0 radical (unpaired) electrons. The zero-order chi connectivity index (χ0) is 11.4. The van der Waals surface area contributed by atoms with E-state index in [0.717, 1.165) is 17.7 Å². The Morgan fingerprint density at radius 2 is 2.38 bits per heavy atom. The Hall–Kier alpha value is -1.31. The molecule has 4 heteroatoms. The maximum absolute atomic E-state index is 11.6. The molecule has 3 nitrogen and oxygen atoms in total. The van der Waals surface area contributed by atoms with E-state index in [4.69, 9.17) is 5.11 Å². The third-order valence-corrected chi connectivity index (χ3v) is 3.19. The summed E-state index contributed by atoms with van der Waals surface area (Å²) in [5.74, 6) is 5.76. The zero-order valence-electron chi connectivity index (χ0n) is 8.82. The van der Waals surface area contributed by atoms with Crippen LogP contribution in [0.3, 0.4) is 0 Å². The van der Waals surface area contributed by atoms with E-state index in [9.17, 15) is 4.79 Å². The lowest BCUT2D eigenvalue weighted by atomic mass is 10.4. The lowest BCUT2D eigenvalue weighted by molar-refractivity contribution is 0.0955. The van der Waals surface area contributed by atoms with Gasteiger partial charge in [-0.1, -0.05) is 11.8 Å². The second kappa shape index (κ2) is 5.15.